The minimum Gasteiger partial charge on any atom is -0.457 e. The van der Waals surface area contributed by atoms with Gasteiger partial charge in [0.05, 0.1) is 12.7 Å². The molecular formula is C30H41FO8. The molecule has 0 heterocycles. The number of unbranched alkanes of at least 4 members (excludes halogenated alkanes) is 1. The molecule has 0 spiro atoms. The summed E-state index contributed by atoms with van der Waals surface area (Å²) >= 11 is 0. The van der Waals surface area contributed by atoms with Crippen LogP contribution >= 0.6 is 0 Å². The number of aliphatic hydroxyl groups is 1. The van der Waals surface area contributed by atoms with E-state index in [-0.39, 0.29) is 55.8 Å². The summed E-state index contributed by atoms with van der Waals surface area (Å²) in [5, 5.41) is 11.6. The molecule has 216 valence electrons. The van der Waals surface area contributed by atoms with E-state index in [2.05, 4.69) is 0 Å². The van der Waals surface area contributed by atoms with Crippen molar-refractivity contribution in [2.24, 2.45) is 28.6 Å². The van der Waals surface area contributed by atoms with Crippen LogP contribution in [0, 0.1) is 28.6 Å². The van der Waals surface area contributed by atoms with E-state index in [1.54, 1.807) is 6.08 Å². The Balaban J connectivity index is 1.68. The highest BCUT2D eigenvalue weighted by atomic mass is 19.1. The molecule has 0 radical (unpaired) electrons. The van der Waals surface area contributed by atoms with Crippen LogP contribution in [0.2, 0.25) is 0 Å². The Bertz CT molecular complexity index is 1070. The third-order valence-electron chi connectivity index (χ3n) is 9.84. The highest BCUT2D eigenvalue weighted by molar-refractivity contribution is 6.01. The van der Waals surface area contributed by atoms with Gasteiger partial charge in [0.15, 0.2) is 18.0 Å². The summed E-state index contributed by atoms with van der Waals surface area (Å²) in [7, 11) is 0. The molecule has 4 aliphatic rings. The molecule has 8 nitrogen and oxygen atoms in total. The summed E-state index contributed by atoms with van der Waals surface area (Å²) in [6.07, 6.45) is 4.18. The SMILES string of the molecule is CCCCOC(=O)O[C@]1(C(=O)COC(=O)CCC)CC[C@H]2[C@@H]3C[C@H](F)C4=CC(=O)C=C[C@]4(C)[C@H]3C(O)C[C@@]21C. The first-order valence-electron chi connectivity index (χ1n) is 14.3. The fourth-order valence-electron chi connectivity index (χ4n) is 8.02. The summed E-state index contributed by atoms with van der Waals surface area (Å²) in [6, 6.07) is 0. The van der Waals surface area contributed by atoms with Gasteiger partial charge >= 0.3 is 12.1 Å². The van der Waals surface area contributed by atoms with Gasteiger partial charge in [-0.05, 0) is 68.1 Å². The van der Waals surface area contributed by atoms with Crippen molar-refractivity contribution >= 4 is 23.7 Å². The van der Waals surface area contributed by atoms with Crippen molar-refractivity contribution < 1.29 is 42.9 Å². The molecule has 4 rings (SSSR count). The summed E-state index contributed by atoms with van der Waals surface area (Å²) in [5.74, 6) is -2.30. The molecule has 39 heavy (non-hydrogen) atoms. The van der Waals surface area contributed by atoms with Gasteiger partial charge in [-0.3, -0.25) is 14.4 Å². The molecule has 1 unspecified atom stereocenters. The van der Waals surface area contributed by atoms with Crippen molar-refractivity contribution in [2.45, 2.75) is 96.9 Å². The molecule has 0 aromatic heterocycles. The number of allylic oxidation sites excluding steroid dienone is 4. The Morgan fingerprint density at radius 1 is 1.15 bits per heavy atom. The topological polar surface area (TPSA) is 116 Å². The van der Waals surface area contributed by atoms with Crippen LogP contribution in [0.25, 0.3) is 0 Å². The number of fused-ring (bicyclic) bond motifs is 5. The fraction of sp³-hybridized carbons (Fsp3) is 0.733. The lowest BCUT2D eigenvalue weighted by Gasteiger charge is -2.60. The van der Waals surface area contributed by atoms with Gasteiger partial charge in [-0.25, -0.2) is 9.18 Å². The largest absolute Gasteiger partial charge is 0.509 e. The van der Waals surface area contributed by atoms with Gasteiger partial charge in [0, 0.05) is 23.2 Å². The van der Waals surface area contributed by atoms with Crippen LogP contribution in [-0.4, -0.2) is 59.9 Å². The Morgan fingerprint density at radius 2 is 1.90 bits per heavy atom. The molecular weight excluding hydrogens is 507 g/mol. The second-order valence-corrected chi connectivity index (χ2v) is 12.1. The van der Waals surface area contributed by atoms with Crippen molar-refractivity contribution in [3.63, 3.8) is 0 Å². The van der Waals surface area contributed by atoms with Crippen LogP contribution in [0.5, 0.6) is 0 Å². The van der Waals surface area contributed by atoms with Crippen LogP contribution in [0.1, 0.15) is 79.1 Å². The van der Waals surface area contributed by atoms with E-state index in [0.717, 1.165) is 6.42 Å². The van der Waals surface area contributed by atoms with E-state index in [9.17, 15) is 24.3 Å². The van der Waals surface area contributed by atoms with Crippen LogP contribution < -0.4 is 0 Å². The lowest BCUT2D eigenvalue weighted by atomic mass is 9.46. The van der Waals surface area contributed by atoms with Crippen molar-refractivity contribution in [2.75, 3.05) is 13.2 Å². The third-order valence-corrected chi connectivity index (χ3v) is 9.84. The van der Waals surface area contributed by atoms with E-state index < -0.39 is 53.2 Å². The lowest BCUT2D eigenvalue weighted by Crippen LogP contribution is -2.64. The standard InChI is InChI=1S/C30H41FO8/c1-5-7-13-37-27(36)39-30(24(34)17-38-25(35)8-6-2)12-10-20-19-15-22(31)21-14-18(32)9-11-28(21,3)26(19)23(33)16-29(20,30)4/h9,11,14,19-20,22-23,26,33H,5-8,10,12-13,15-17H2,1-4H3/t19-,20-,22-,23?,26+,28-,29-,30-/m0/s1. The zero-order valence-corrected chi connectivity index (χ0v) is 23.4. The molecule has 9 heteroatoms. The number of hydrogen-bond donors (Lipinski definition) is 1. The minimum absolute atomic E-state index is 0.0984. The van der Waals surface area contributed by atoms with E-state index in [4.69, 9.17) is 14.2 Å². The maximum Gasteiger partial charge on any atom is 0.509 e. The number of aliphatic hydroxyl groups excluding tert-OH is 1. The zero-order chi connectivity index (χ0) is 28.6. The second-order valence-electron chi connectivity index (χ2n) is 12.1. The smallest absolute Gasteiger partial charge is 0.457 e. The maximum absolute atomic E-state index is 15.7. The van der Waals surface area contributed by atoms with Crippen LogP contribution in [-0.2, 0) is 28.6 Å². The number of carbonyl (C=O) groups is 4. The number of halogens is 1. The highest BCUT2D eigenvalue weighted by Crippen LogP contribution is 2.68. The highest BCUT2D eigenvalue weighted by Gasteiger charge is 2.71. The number of esters is 1. The van der Waals surface area contributed by atoms with Crippen LogP contribution in [0.4, 0.5) is 9.18 Å². The predicted octanol–water partition coefficient (Wildman–Crippen LogP) is 4.82. The quantitative estimate of drug-likeness (QED) is 0.322. The molecule has 0 aromatic rings. The summed E-state index contributed by atoms with van der Waals surface area (Å²) in [6.45, 7) is 7.03. The van der Waals surface area contributed by atoms with Crippen molar-refractivity contribution in [1.82, 2.24) is 0 Å². The van der Waals surface area contributed by atoms with Crippen molar-refractivity contribution in [3.05, 3.63) is 23.8 Å². The first kappa shape index (κ1) is 29.4. The first-order chi connectivity index (χ1) is 18.4. The lowest BCUT2D eigenvalue weighted by molar-refractivity contribution is -0.187. The first-order valence-corrected chi connectivity index (χ1v) is 14.3. The van der Waals surface area contributed by atoms with Crippen LogP contribution in [0.15, 0.2) is 23.8 Å². The van der Waals surface area contributed by atoms with Gasteiger partial charge in [0.1, 0.15) is 6.17 Å². The number of Topliss-reactive ketones (excluding diaryl/α,β-unsaturated/α-hetero) is 1. The number of ketones is 2. The fourth-order valence-corrected chi connectivity index (χ4v) is 8.02. The third kappa shape index (κ3) is 4.96. The van der Waals surface area contributed by atoms with Crippen molar-refractivity contribution in [1.29, 1.82) is 0 Å². The van der Waals surface area contributed by atoms with E-state index in [1.807, 2.05) is 27.7 Å². The molecule has 8 atom stereocenters. The van der Waals surface area contributed by atoms with Gasteiger partial charge in [-0.15, -0.1) is 0 Å². The maximum atomic E-state index is 15.7. The number of rotatable bonds is 9. The average Bonchev–Trinajstić information content (AvgIpc) is 3.16. The molecule has 0 aromatic carbocycles. The van der Waals surface area contributed by atoms with E-state index in [0.29, 0.717) is 24.8 Å². The number of ether oxygens (including phenoxy) is 3. The summed E-state index contributed by atoms with van der Waals surface area (Å²) in [5.41, 5.74) is -3.20. The molecule has 0 amide bonds. The normalized spacial score (nSPS) is 38.7. The van der Waals surface area contributed by atoms with Gasteiger partial charge in [-0.1, -0.05) is 40.2 Å². The summed E-state index contributed by atoms with van der Waals surface area (Å²) in [4.78, 5) is 50.8. The Labute approximate surface area is 229 Å². The van der Waals surface area contributed by atoms with E-state index >= 15 is 4.39 Å². The molecule has 3 fully saturated rings. The molecule has 0 saturated heterocycles. The number of alkyl halides is 1. The average molecular weight is 549 g/mol. The van der Waals surface area contributed by atoms with Crippen LogP contribution in [0.3, 0.4) is 0 Å². The summed E-state index contributed by atoms with van der Waals surface area (Å²) < 4.78 is 32.1. The molecule has 4 aliphatic carbocycles. The number of carbonyl (C=O) groups excluding carboxylic acids is 4. The monoisotopic (exact) mass is 548 g/mol. The van der Waals surface area contributed by atoms with Gasteiger partial charge in [0.25, 0.3) is 0 Å². The van der Waals surface area contributed by atoms with Gasteiger partial charge in [0.2, 0.25) is 5.78 Å². The molecule has 0 aliphatic heterocycles. The Kier molecular flexibility index (Phi) is 8.41. The zero-order valence-electron chi connectivity index (χ0n) is 23.4. The van der Waals surface area contributed by atoms with E-state index in [1.165, 1.54) is 12.2 Å². The predicted molar refractivity (Wildman–Crippen MR) is 139 cm³/mol. The molecule has 1 N–H and O–H groups in total. The molecule has 3 saturated carbocycles. The molecule has 0 bridgehead atoms. The Morgan fingerprint density at radius 3 is 2.59 bits per heavy atom. The van der Waals surface area contributed by atoms with Gasteiger partial charge < -0.3 is 19.3 Å². The minimum atomic E-state index is -1.69. The number of hydrogen-bond acceptors (Lipinski definition) is 8. The second kappa shape index (κ2) is 11.1. The Hall–Kier alpha value is -2.55. The van der Waals surface area contributed by atoms with Crippen molar-refractivity contribution in [3.8, 4) is 0 Å². The van der Waals surface area contributed by atoms with Gasteiger partial charge in [-0.2, -0.15) is 0 Å².